The average molecular weight is 363 g/mol. The van der Waals surface area contributed by atoms with Gasteiger partial charge in [0.2, 0.25) is 0 Å². The summed E-state index contributed by atoms with van der Waals surface area (Å²) < 4.78 is 2.87. The minimum atomic E-state index is 0.0801. The predicted molar refractivity (Wildman–Crippen MR) is 78.3 cm³/mol. The van der Waals surface area contributed by atoms with Crippen LogP contribution in [0.2, 0.25) is 0 Å². The Balaban J connectivity index is 1.99. The second-order valence-corrected chi connectivity index (χ2v) is 5.88. The molecule has 0 saturated carbocycles. The predicted octanol–water partition coefficient (Wildman–Crippen LogP) is 1.39. The van der Waals surface area contributed by atoms with Crippen LogP contribution in [0.5, 0.6) is 0 Å². The number of nitrogens with zero attached hydrogens (tertiary/aromatic N) is 4. The van der Waals surface area contributed by atoms with Crippen molar-refractivity contribution in [2.45, 2.75) is 18.9 Å². The minimum Gasteiger partial charge on any atom is -0.383 e. The third-order valence-corrected chi connectivity index (χ3v) is 4.08. The third-order valence-electron chi connectivity index (χ3n) is 3.25. The number of anilines is 1. The van der Waals surface area contributed by atoms with Crippen molar-refractivity contribution in [3.8, 4) is 0 Å². The minimum absolute atomic E-state index is 0.0801. The van der Waals surface area contributed by atoms with Crippen LogP contribution in [-0.4, -0.2) is 52.8 Å². The van der Waals surface area contributed by atoms with Gasteiger partial charge in [-0.2, -0.15) is 5.10 Å². The number of rotatable bonds is 1. The largest absolute Gasteiger partial charge is 0.383 e. The van der Waals surface area contributed by atoms with Crippen LogP contribution in [0.1, 0.15) is 18.9 Å². The molecular formula is C11H18IN5O. The van der Waals surface area contributed by atoms with Gasteiger partial charge in [0.05, 0.1) is 15.8 Å². The summed E-state index contributed by atoms with van der Waals surface area (Å²) in [6.07, 6.45) is 3.59. The molecule has 0 unspecified atom stereocenters. The molecule has 2 amide bonds. The Kier molecular flexibility index (Phi) is 3.98. The molecule has 0 bridgehead atoms. The zero-order valence-corrected chi connectivity index (χ0v) is 12.8. The molecule has 0 radical (unpaired) electrons. The van der Waals surface area contributed by atoms with Crippen molar-refractivity contribution < 1.29 is 4.79 Å². The number of urea groups is 1. The fourth-order valence-corrected chi connectivity index (χ4v) is 2.60. The van der Waals surface area contributed by atoms with Crippen LogP contribution in [-0.2, 0) is 0 Å². The van der Waals surface area contributed by atoms with E-state index < -0.39 is 0 Å². The number of halogens is 1. The molecule has 0 atom stereocenters. The first-order valence-corrected chi connectivity index (χ1v) is 7.03. The van der Waals surface area contributed by atoms with E-state index in [9.17, 15) is 4.79 Å². The highest BCUT2D eigenvalue weighted by Gasteiger charge is 2.26. The van der Waals surface area contributed by atoms with Crippen LogP contribution in [0.4, 0.5) is 10.6 Å². The van der Waals surface area contributed by atoms with Gasteiger partial charge in [-0.3, -0.25) is 0 Å². The number of nitrogens with two attached hydrogens (primary N) is 1. The number of carbonyl (C=O) groups excluding carboxylic acids is 1. The molecule has 2 heterocycles. The Bertz CT molecular complexity index is 437. The average Bonchev–Trinajstić information content (AvgIpc) is 2.69. The van der Waals surface area contributed by atoms with Gasteiger partial charge in [-0.25, -0.2) is 9.48 Å². The SMILES string of the molecule is CN(C)C(=O)N1CCC(n2ncc(I)c2N)CC1. The van der Waals surface area contributed by atoms with Gasteiger partial charge in [-0.1, -0.05) is 0 Å². The van der Waals surface area contributed by atoms with Crippen molar-refractivity contribution in [1.29, 1.82) is 0 Å². The lowest BCUT2D eigenvalue weighted by Gasteiger charge is -2.33. The summed E-state index contributed by atoms with van der Waals surface area (Å²) >= 11 is 2.19. The number of nitrogen functional groups attached to an aromatic ring is 1. The first-order valence-electron chi connectivity index (χ1n) is 5.95. The molecule has 2 N–H and O–H groups in total. The quantitative estimate of drug-likeness (QED) is 0.767. The van der Waals surface area contributed by atoms with Crippen LogP contribution in [0.15, 0.2) is 6.20 Å². The number of piperidine rings is 1. The Morgan fingerprint density at radius 1 is 1.50 bits per heavy atom. The number of hydrogen-bond acceptors (Lipinski definition) is 3. The highest BCUT2D eigenvalue weighted by Crippen LogP contribution is 2.26. The molecule has 1 aliphatic rings. The molecule has 1 saturated heterocycles. The normalized spacial score (nSPS) is 16.9. The van der Waals surface area contributed by atoms with Crippen molar-refractivity contribution in [2.24, 2.45) is 0 Å². The lowest BCUT2D eigenvalue weighted by Crippen LogP contribution is -2.44. The van der Waals surface area contributed by atoms with Crippen molar-refractivity contribution in [3.63, 3.8) is 0 Å². The van der Waals surface area contributed by atoms with Gasteiger partial charge in [0, 0.05) is 27.2 Å². The second-order valence-electron chi connectivity index (χ2n) is 4.72. The molecule has 1 aromatic heterocycles. The molecule has 1 aromatic rings. The molecule has 6 nitrogen and oxygen atoms in total. The summed E-state index contributed by atoms with van der Waals surface area (Å²) in [4.78, 5) is 15.3. The van der Waals surface area contributed by atoms with E-state index in [1.54, 1.807) is 25.2 Å². The molecule has 0 aliphatic carbocycles. The summed E-state index contributed by atoms with van der Waals surface area (Å²) in [5, 5.41) is 4.31. The van der Waals surface area contributed by atoms with Crippen LogP contribution in [0.25, 0.3) is 0 Å². The number of carbonyl (C=O) groups is 1. The first-order chi connectivity index (χ1) is 8.50. The highest BCUT2D eigenvalue weighted by atomic mass is 127. The van der Waals surface area contributed by atoms with Crippen LogP contribution in [0, 0.1) is 3.57 Å². The van der Waals surface area contributed by atoms with Crippen LogP contribution in [0.3, 0.4) is 0 Å². The van der Waals surface area contributed by atoms with Crippen molar-refractivity contribution >= 4 is 34.4 Å². The smallest absolute Gasteiger partial charge is 0.319 e. The Hall–Kier alpha value is -0.990. The van der Waals surface area contributed by atoms with Crippen molar-refractivity contribution in [3.05, 3.63) is 9.77 Å². The van der Waals surface area contributed by atoms with Gasteiger partial charge in [-0.15, -0.1) is 0 Å². The lowest BCUT2D eigenvalue weighted by atomic mass is 10.1. The molecule has 18 heavy (non-hydrogen) atoms. The molecule has 2 rings (SSSR count). The molecule has 100 valence electrons. The molecule has 0 aromatic carbocycles. The highest BCUT2D eigenvalue weighted by molar-refractivity contribution is 14.1. The molecule has 0 spiro atoms. The van der Waals surface area contributed by atoms with E-state index >= 15 is 0 Å². The topological polar surface area (TPSA) is 67.4 Å². The number of likely N-dealkylation sites (tertiary alicyclic amines) is 1. The standard InChI is InChI=1S/C11H18IN5O/c1-15(2)11(18)16-5-3-8(4-6-16)17-10(13)9(12)7-14-17/h7-8H,3-6,13H2,1-2H3. The van der Waals surface area contributed by atoms with Gasteiger partial charge in [0.1, 0.15) is 5.82 Å². The monoisotopic (exact) mass is 363 g/mol. The van der Waals surface area contributed by atoms with Crippen LogP contribution < -0.4 is 5.73 Å². The van der Waals surface area contributed by atoms with E-state index in [1.165, 1.54) is 0 Å². The van der Waals surface area contributed by atoms with E-state index in [1.807, 2.05) is 9.58 Å². The second kappa shape index (κ2) is 5.33. The summed E-state index contributed by atoms with van der Waals surface area (Å²) in [5.41, 5.74) is 5.98. The maximum absolute atomic E-state index is 11.8. The zero-order chi connectivity index (χ0) is 13.3. The van der Waals surface area contributed by atoms with E-state index in [0.29, 0.717) is 6.04 Å². The Morgan fingerprint density at radius 2 is 2.11 bits per heavy atom. The third kappa shape index (κ3) is 2.55. The Labute approximate surface area is 120 Å². The molecular weight excluding hydrogens is 345 g/mol. The summed E-state index contributed by atoms with van der Waals surface area (Å²) in [6, 6.07) is 0.385. The van der Waals surface area contributed by atoms with Crippen molar-refractivity contribution in [2.75, 3.05) is 32.9 Å². The number of hydrogen-bond donors (Lipinski definition) is 1. The molecule has 7 heteroatoms. The lowest BCUT2D eigenvalue weighted by molar-refractivity contribution is 0.146. The number of amides is 2. The van der Waals surface area contributed by atoms with Gasteiger partial charge in [0.15, 0.2) is 0 Å². The van der Waals surface area contributed by atoms with Crippen LogP contribution >= 0.6 is 22.6 Å². The van der Waals surface area contributed by atoms with Gasteiger partial charge in [0.25, 0.3) is 0 Å². The van der Waals surface area contributed by atoms with E-state index in [4.69, 9.17) is 5.73 Å². The molecule has 1 aliphatic heterocycles. The fraction of sp³-hybridized carbons (Fsp3) is 0.636. The van der Waals surface area contributed by atoms with E-state index in [2.05, 4.69) is 27.7 Å². The first kappa shape index (κ1) is 13.4. The van der Waals surface area contributed by atoms with E-state index in [0.717, 1.165) is 35.3 Å². The Morgan fingerprint density at radius 3 is 2.56 bits per heavy atom. The summed E-state index contributed by atoms with van der Waals surface area (Å²) in [7, 11) is 3.56. The zero-order valence-electron chi connectivity index (χ0n) is 10.6. The maximum Gasteiger partial charge on any atom is 0.319 e. The van der Waals surface area contributed by atoms with Crippen molar-refractivity contribution in [1.82, 2.24) is 19.6 Å². The van der Waals surface area contributed by atoms with Gasteiger partial charge < -0.3 is 15.5 Å². The summed E-state index contributed by atoms with van der Waals surface area (Å²) in [6.45, 7) is 1.52. The van der Waals surface area contributed by atoms with E-state index in [-0.39, 0.29) is 6.03 Å². The van der Waals surface area contributed by atoms with Gasteiger partial charge >= 0.3 is 6.03 Å². The molecule has 1 fully saturated rings. The number of aromatic nitrogens is 2. The van der Waals surface area contributed by atoms with Gasteiger partial charge in [-0.05, 0) is 35.4 Å². The summed E-state index contributed by atoms with van der Waals surface area (Å²) in [5.74, 6) is 0.730. The maximum atomic E-state index is 11.8. The fourth-order valence-electron chi connectivity index (χ4n) is 2.23.